The number of pyridine rings is 1. The van der Waals surface area contributed by atoms with Crippen molar-refractivity contribution in [2.45, 2.75) is 0 Å². The molecule has 1 heterocycles. The van der Waals surface area contributed by atoms with Gasteiger partial charge in [-0.3, -0.25) is 4.79 Å². The highest BCUT2D eigenvalue weighted by molar-refractivity contribution is 5.96. The van der Waals surface area contributed by atoms with E-state index in [1.165, 1.54) is 31.6 Å². The normalized spacial score (nSPS) is 9.86. The molecule has 0 aliphatic carbocycles. The average molecular weight is 302 g/mol. The lowest BCUT2D eigenvalue weighted by atomic mass is 10.3. The van der Waals surface area contributed by atoms with Gasteiger partial charge in [0, 0.05) is 12.1 Å². The van der Waals surface area contributed by atoms with E-state index in [9.17, 15) is 14.8 Å². The predicted octanol–water partition coefficient (Wildman–Crippen LogP) is 1.12. The number of ether oxygens (including phenoxy) is 2. The Balaban J connectivity index is 1.90. The van der Waals surface area contributed by atoms with Crippen LogP contribution in [-0.4, -0.2) is 25.6 Å². The number of anilines is 1. The number of carbonyl (C=O) groups excluding carboxylic acids is 2. The fourth-order valence-electron chi connectivity index (χ4n) is 1.70. The van der Waals surface area contributed by atoms with E-state index in [-0.39, 0.29) is 5.56 Å². The van der Waals surface area contributed by atoms with E-state index in [0.717, 1.165) is 0 Å². The number of hydrogen-bond donors (Lipinski definition) is 1. The zero-order valence-corrected chi connectivity index (χ0v) is 11.8. The van der Waals surface area contributed by atoms with Crippen molar-refractivity contribution in [1.29, 1.82) is 0 Å². The van der Waals surface area contributed by atoms with Crippen LogP contribution in [0.4, 0.5) is 5.69 Å². The van der Waals surface area contributed by atoms with Gasteiger partial charge in [-0.15, -0.1) is 0 Å². The molecule has 0 spiro atoms. The Morgan fingerprint density at radius 3 is 2.55 bits per heavy atom. The van der Waals surface area contributed by atoms with E-state index in [4.69, 9.17) is 9.47 Å². The summed E-state index contributed by atoms with van der Waals surface area (Å²) in [5, 5.41) is 13.4. The predicted molar refractivity (Wildman–Crippen MR) is 77.3 cm³/mol. The van der Waals surface area contributed by atoms with Crippen LogP contribution in [0.2, 0.25) is 0 Å². The number of nitrogens with zero attached hydrogens (tertiary/aromatic N) is 1. The third kappa shape index (κ3) is 3.95. The second-order valence-electron chi connectivity index (χ2n) is 4.27. The smallest absolute Gasteiger partial charge is 0.339 e. The van der Waals surface area contributed by atoms with Gasteiger partial charge in [0.05, 0.1) is 18.4 Å². The molecule has 114 valence electrons. The molecule has 7 nitrogen and oxygen atoms in total. The first-order chi connectivity index (χ1) is 10.6. The van der Waals surface area contributed by atoms with Crippen molar-refractivity contribution >= 4 is 17.6 Å². The minimum absolute atomic E-state index is 0.192. The van der Waals surface area contributed by atoms with Crippen molar-refractivity contribution in [2.24, 2.45) is 0 Å². The number of methoxy groups -OCH3 is 1. The molecule has 0 atom stereocenters. The quantitative estimate of drug-likeness (QED) is 0.508. The van der Waals surface area contributed by atoms with Gasteiger partial charge in [-0.25, -0.2) is 4.79 Å². The Morgan fingerprint density at radius 2 is 1.86 bits per heavy atom. The number of carbonyl (C=O) groups is 2. The maximum Gasteiger partial charge on any atom is 0.339 e. The van der Waals surface area contributed by atoms with E-state index in [1.807, 2.05) is 0 Å². The van der Waals surface area contributed by atoms with Crippen molar-refractivity contribution < 1.29 is 23.8 Å². The van der Waals surface area contributed by atoms with E-state index in [1.54, 1.807) is 24.3 Å². The molecule has 1 N–H and O–H groups in total. The summed E-state index contributed by atoms with van der Waals surface area (Å²) < 4.78 is 10.5. The van der Waals surface area contributed by atoms with Gasteiger partial charge in [-0.05, 0) is 12.1 Å². The minimum atomic E-state index is -0.684. The topological polar surface area (TPSA) is 91.6 Å². The molecule has 22 heavy (non-hydrogen) atoms. The maximum absolute atomic E-state index is 11.8. The first-order valence-electron chi connectivity index (χ1n) is 6.39. The van der Waals surface area contributed by atoms with Gasteiger partial charge in [-0.2, -0.15) is 4.73 Å². The second kappa shape index (κ2) is 7.07. The molecular formula is C15H14N2O5. The van der Waals surface area contributed by atoms with Crippen LogP contribution in [0.1, 0.15) is 10.4 Å². The molecule has 1 aromatic heterocycles. The largest absolute Gasteiger partial charge is 0.619 e. The molecule has 1 aromatic carbocycles. The molecule has 0 aliphatic rings. The summed E-state index contributed by atoms with van der Waals surface area (Å²) in [6.45, 7) is -0.441. The standard InChI is InChI=1S/C15H14N2O5/c1-21-13-5-3-2-4-12(13)16-14(18)10-22-15(19)11-6-8-17(20)9-7-11/h2-9H,10H2,1H3,(H,16,18). The summed E-state index contributed by atoms with van der Waals surface area (Å²) in [5.74, 6) is -0.673. The van der Waals surface area contributed by atoms with Gasteiger partial charge in [0.15, 0.2) is 19.0 Å². The zero-order chi connectivity index (χ0) is 15.9. The molecule has 2 rings (SSSR count). The number of esters is 1. The summed E-state index contributed by atoms with van der Waals surface area (Å²) in [6, 6.07) is 9.51. The molecule has 0 radical (unpaired) electrons. The number of nitrogens with one attached hydrogen (secondary N) is 1. The first-order valence-corrected chi connectivity index (χ1v) is 6.39. The highest BCUT2D eigenvalue weighted by Crippen LogP contribution is 2.22. The number of para-hydroxylation sites is 2. The van der Waals surface area contributed by atoms with Crippen LogP contribution < -0.4 is 14.8 Å². The van der Waals surface area contributed by atoms with Crippen LogP contribution in [0.25, 0.3) is 0 Å². The van der Waals surface area contributed by atoms with Crippen LogP contribution in [-0.2, 0) is 9.53 Å². The molecule has 1 amide bonds. The highest BCUT2D eigenvalue weighted by Gasteiger charge is 2.12. The maximum atomic E-state index is 11.8. The summed E-state index contributed by atoms with van der Waals surface area (Å²) in [7, 11) is 1.49. The summed E-state index contributed by atoms with van der Waals surface area (Å²) in [5.41, 5.74) is 0.676. The average Bonchev–Trinajstić information content (AvgIpc) is 2.54. The molecule has 0 unspecified atom stereocenters. The van der Waals surface area contributed by atoms with Crippen molar-refractivity contribution in [2.75, 3.05) is 19.0 Å². The Labute approximate surface area is 126 Å². The van der Waals surface area contributed by atoms with Crippen LogP contribution in [0.5, 0.6) is 5.75 Å². The van der Waals surface area contributed by atoms with Gasteiger partial charge in [0.1, 0.15) is 5.75 Å². The van der Waals surface area contributed by atoms with Crippen LogP contribution in [0.3, 0.4) is 0 Å². The van der Waals surface area contributed by atoms with Crippen LogP contribution in [0, 0.1) is 5.21 Å². The zero-order valence-electron chi connectivity index (χ0n) is 11.8. The first kappa shape index (κ1) is 15.3. The van der Waals surface area contributed by atoms with Crippen LogP contribution >= 0.6 is 0 Å². The lowest BCUT2D eigenvalue weighted by Gasteiger charge is -2.10. The van der Waals surface area contributed by atoms with Crippen molar-refractivity contribution in [1.82, 2.24) is 0 Å². The number of amides is 1. The fraction of sp³-hybridized carbons (Fsp3) is 0.133. The Kier molecular flexibility index (Phi) is 4.92. The Morgan fingerprint density at radius 1 is 1.18 bits per heavy atom. The number of aromatic nitrogens is 1. The van der Waals surface area contributed by atoms with Gasteiger partial charge in [0.25, 0.3) is 5.91 Å². The molecule has 2 aromatic rings. The molecule has 0 fully saturated rings. The highest BCUT2D eigenvalue weighted by atomic mass is 16.5. The molecule has 0 saturated carbocycles. The van der Waals surface area contributed by atoms with Gasteiger partial charge >= 0.3 is 5.97 Å². The van der Waals surface area contributed by atoms with Crippen LogP contribution in [0.15, 0.2) is 48.8 Å². The van der Waals surface area contributed by atoms with Gasteiger partial charge in [-0.1, -0.05) is 12.1 Å². The minimum Gasteiger partial charge on any atom is -0.619 e. The SMILES string of the molecule is COc1ccccc1NC(=O)COC(=O)c1cc[n+]([O-])cc1. The van der Waals surface area contributed by atoms with Crippen molar-refractivity contribution in [3.63, 3.8) is 0 Å². The summed E-state index contributed by atoms with van der Waals surface area (Å²) in [4.78, 5) is 23.5. The number of benzene rings is 1. The number of rotatable bonds is 5. The lowest BCUT2D eigenvalue weighted by molar-refractivity contribution is -0.605. The Hall–Kier alpha value is -3.09. The lowest BCUT2D eigenvalue weighted by Crippen LogP contribution is -2.25. The molecular weight excluding hydrogens is 288 g/mol. The second-order valence-corrected chi connectivity index (χ2v) is 4.27. The third-order valence-corrected chi connectivity index (χ3v) is 2.75. The fourth-order valence-corrected chi connectivity index (χ4v) is 1.70. The molecule has 7 heteroatoms. The number of hydrogen-bond acceptors (Lipinski definition) is 5. The molecule has 0 bridgehead atoms. The van der Waals surface area contributed by atoms with Gasteiger partial charge in [0.2, 0.25) is 0 Å². The van der Waals surface area contributed by atoms with Crippen molar-refractivity contribution in [3.05, 3.63) is 59.6 Å². The van der Waals surface area contributed by atoms with E-state index >= 15 is 0 Å². The summed E-state index contributed by atoms with van der Waals surface area (Å²) >= 11 is 0. The molecule has 0 aliphatic heterocycles. The van der Waals surface area contributed by atoms with E-state index in [0.29, 0.717) is 16.2 Å². The van der Waals surface area contributed by atoms with Crippen molar-refractivity contribution in [3.8, 4) is 5.75 Å². The summed E-state index contributed by atoms with van der Waals surface area (Å²) in [6.07, 6.45) is 2.34. The van der Waals surface area contributed by atoms with E-state index < -0.39 is 18.5 Å². The monoisotopic (exact) mass is 302 g/mol. The molecule has 0 saturated heterocycles. The third-order valence-electron chi connectivity index (χ3n) is 2.75. The van der Waals surface area contributed by atoms with Gasteiger partial charge < -0.3 is 20.0 Å². The van der Waals surface area contributed by atoms with E-state index in [2.05, 4.69) is 5.32 Å². The Bertz CT molecular complexity index is 670.